The predicted molar refractivity (Wildman–Crippen MR) is 77.2 cm³/mol. The lowest BCUT2D eigenvalue weighted by atomic mass is 9.92. The van der Waals surface area contributed by atoms with Crippen molar-refractivity contribution in [1.82, 2.24) is 15.0 Å². The van der Waals surface area contributed by atoms with Gasteiger partial charge in [0.25, 0.3) is 0 Å². The Morgan fingerprint density at radius 1 is 1.26 bits per heavy atom. The number of hydrogen-bond donors (Lipinski definition) is 2. The maximum absolute atomic E-state index is 5.44. The van der Waals surface area contributed by atoms with Gasteiger partial charge in [-0.25, -0.2) is 5.84 Å². The highest BCUT2D eigenvalue weighted by molar-refractivity contribution is 5.45. The van der Waals surface area contributed by atoms with Crippen LogP contribution in [0.2, 0.25) is 0 Å². The molecule has 7 heteroatoms. The second-order valence-electron chi connectivity index (χ2n) is 5.35. The van der Waals surface area contributed by atoms with Crippen LogP contribution in [0, 0.1) is 5.92 Å². The Morgan fingerprint density at radius 3 is 2.63 bits per heavy atom. The van der Waals surface area contributed by atoms with Crippen molar-refractivity contribution in [2.45, 2.75) is 32.7 Å². The minimum atomic E-state index is 0.402. The Kier molecular flexibility index (Phi) is 4.04. The van der Waals surface area contributed by atoms with Crippen molar-refractivity contribution in [3.05, 3.63) is 0 Å². The van der Waals surface area contributed by atoms with E-state index in [0.717, 1.165) is 6.54 Å². The highest BCUT2D eigenvalue weighted by Gasteiger charge is 2.27. The average Bonchev–Trinajstić information content (AvgIpc) is 2.41. The molecule has 1 aliphatic heterocycles. The zero-order chi connectivity index (χ0) is 14.0. The third-order valence-corrected chi connectivity index (χ3v) is 3.77. The third-order valence-electron chi connectivity index (χ3n) is 3.77. The van der Waals surface area contributed by atoms with Crippen LogP contribution in [-0.2, 0) is 0 Å². The largest absolute Gasteiger partial charge is 0.347 e. The van der Waals surface area contributed by atoms with Gasteiger partial charge in [0.2, 0.25) is 17.8 Å². The van der Waals surface area contributed by atoms with E-state index >= 15 is 0 Å². The number of nitrogens with zero attached hydrogens (tertiary/aromatic N) is 5. The molecule has 106 valence electrons. The second-order valence-corrected chi connectivity index (χ2v) is 5.35. The van der Waals surface area contributed by atoms with E-state index in [1.807, 2.05) is 19.0 Å². The smallest absolute Gasteiger partial charge is 0.243 e. The summed E-state index contributed by atoms with van der Waals surface area (Å²) in [4.78, 5) is 17.2. The summed E-state index contributed by atoms with van der Waals surface area (Å²) in [5.41, 5.74) is 2.51. The van der Waals surface area contributed by atoms with Crippen LogP contribution in [-0.4, -0.2) is 41.6 Å². The molecule has 1 aromatic heterocycles. The molecule has 1 saturated heterocycles. The number of nitrogens with two attached hydrogens (primary N) is 1. The molecule has 0 spiro atoms. The minimum Gasteiger partial charge on any atom is -0.347 e. The van der Waals surface area contributed by atoms with Gasteiger partial charge in [-0.15, -0.1) is 0 Å². The Labute approximate surface area is 114 Å². The summed E-state index contributed by atoms with van der Waals surface area (Å²) in [6.45, 7) is 5.47. The Bertz CT molecular complexity index is 434. The minimum absolute atomic E-state index is 0.402. The van der Waals surface area contributed by atoms with Crippen LogP contribution in [0.5, 0.6) is 0 Å². The molecule has 1 fully saturated rings. The molecule has 2 unspecified atom stereocenters. The number of hydrogen-bond acceptors (Lipinski definition) is 7. The SMILES string of the molecule is CC1CCCN(c2nc(NN)nc(N(C)C)n2)C1C. The summed E-state index contributed by atoms with van der Waals surface area (Å²) in [7, 11) is 3.81. The molecule has 0 saturated carbocycles. The van der Waals surface area contributed by atoms with Crippen LogP contribution in [0.3, 0.4) is 0 Å². The molecule has 0 radical (unpaired) electrons. The van der Waals surface area contributed by atoms with Crippen molar-refractivity contribution in [3.63, 3.8) is 0 Å². The topological polar surface area (TPSA) is 83.2 Å². The summed E-state index contributed by atoms with van der Waals surface area (Å²) in [6, 6.07) is 0.428. The molecule has 1 aromatic rings. The molecule has 2 atom stereocenters. The lowest BCUT2D eigenvalue weighted by Crippen LogP contribution is -2.43. The van der Waals surface area contributed by atoms with Crippen LogP contribution >= 0.6 is 0 Å². The van der Waals surface area contributed by atoms with Gasteiger partial charge in [-0.05, 0) is 25.7 Å². The molecule has 19 heavy (non-hydrogen) atoms. The first kappa shape index (κ1) is 13.8. The molecule has 0 bridgehead atoms. The number of anilines is 3. The van der Waals surface area contributed by atoms with Crippen molar-refractivity contribution in [3.8, 4) is 0 Å². The molecule has 0 aromatic carbocycles. The zero-order valence-electron chi connectivity index (χ0n) is 12.1. The van der Waals surface area contributed by atoms with E-state index in [4.69, 9.17) is 5.84 Å². The van der Waals surface area contributed by atoms with E-state index in [0.29, 0.717) is 29.8 Å². The fourth-order valence-corrected chi connectivity index (χ4v) is 2.36. The van der Waals surface area contributed by atoms with Crippen LogP contribution < -0.4 is 21.1 Å². The highest BCUT2D eigenvalue weighted by atomic mass is 15.4. The van der Waals surface area contributed by atoms with Crippen LogP contribution in [0.25, 0.3) is 0 Å². The summed E-state index contributed by atoms with van der Waals surface area (Å²) in [5, 5.41) is 0. The van der Waals surface area contributed by atoms with Gasteiger partial charge in [0.05, 0.1) is 0 Å². The van der Waals surface area contributed by atoms with Gasteiger partial charge in [-0.3, -0.25) is 5.43 Å². The lowest BCUT2D eigenvalue weighted by molar-refractivity contribution is 0.359. The van der Waals surface area contributed by atoms with Gasteiger partial charge < -0.3 is 9.80 Å². The van der Waals surface area contributed by atoms with Crippen molar-refractivity contribution in [2.75, 3.05) is 35.9 Å². The Hall–Kier alpha value is -1.63. The molecule has 1 aliphatic rings. The van der Waals surface area contributed by atoms with Crippen molar-refractivity contribution >= 4 is 17.8 Å². The number of rotatable bonds is 3. The van der Waals surface area contributed by atoms with Gasteiger partial charge in [0.15, 0.2) is 0 Å². The van der Waals surface area contributed by atoms with Gasteiger partial charge in [0.1, 0.15) is 0 Å². The first-order valence-corrected chi connectivity index (χ1v) is 6.69. The fraction of sp³-hybridized carbons (Fsp3) is 0.750. The summed E-state index contributed by atoms with van der Waals surface area (Å²) in [5.74, 6) is 7.80. The van der Waals surface area contributed by atoms with Crippen LogP contribution in [0.1, 0.15) is 26.7 Å². The fourth-order valence-electron chi connectivity index (χ4n) is 2.36. The summed E-state index contributed by atoms with van der Waals surface area (Å²) >= 11 is 0. The molecular formula is C12H23N7. The summed E-state index contributed by atoms with van der Waals surface area (Å²) in [6.07, 6.45) is 2.42. The maximum Gasteiger partial charge on any atom is 0.243 e. The average molecular weight is 265 g/mol. The van der Waals surface area contributed by atoms with Gasteiger partial charge in [0, 0.05) is 26.7 Å². The second kappa shape index (κ2) is 5.56. The highest BCUT2D eigenvalue weighted by Crippen LogP contribution is 2.27. The number of piperidine rings is 1. The first-order valence-electron chi connectivity index (χ1n) is 6.69. The van der Waals surface area contributed by atoms with Crippen molar-refractivity contribution in [2.24, 2.45) is 11.8 Å². The van der Waals surface area contributed by atoms with E-state index in [9.17, 15) is 0 Å². The number of nitrogen functional groups attached to an aromatic ring is 1. The standard InChI is InChI=1S/C12H23N7/c1-8-6-5-7-19(9(8)2)12-15-10(17-13)14-11(16-12)18(3)4/h8-9H,5-7,13H2,1-4H3,(H,14,15,16,17). The predicted octanol–water partition coefficient (Wildman–Crippen LogP) is 0.848. The monoisotopic (exact) mass is 265 g/mol. The lowest BCUT2D eigenvalue weighted by Gasteiger charge is -2.38. The molecule has 7 nitrogen and oxygen atoms in total. The van der Waals surface area contributed by atoms with E-state index in [-0.39, 0.29) is 0 Å². The molecule has 2 heterocycles. The first-order chi connectivity index (χ1) is 9.02. The quantitative estimate of drug-likeness (QED) is 0.619. The van der Waals surface area contributed by atoms with Crippen LogP contribution in [0.4, 0.5) is 17.8 Å². The molecule has 2 rings (SSSR count). The molecule has 0 aliphatic carbocycles. The van der Waals surface area contributed by atoms with Crippen molar-refractivity contribution in [1.29, 1.82) is 0 Å². The van der Waals surface area contributed by atoms with E-state index in [1.54, 1.807) is 0 Å². The van der Waals surface area contributed by atoms with Crippen molar-refractivity contribution < 1.29 is 0 Å². The Morgan fingerprint density at radius 2 is 2.00 bits per heavy atom. The normalized spacial score (nSPS) is 23.3. The number of aromatic nitrogens is 3. The van der Waals surface area contributed by atoms with E-state index in [1.165, 1.54) is 12.8 Å². The molecule has 3 N–H and O–H groups in total. The van der Waals surface area contributed by atoms with E-state index < -0.39 is 0 Å². The van der Waals surface area contributed by atoms with Gasteiger partial charge in [-0.2, -0.15) is 15.0 Å². The van der Waals surface area contributed by atoms with Gasteiger partial charge in [-0.1, -0.05) is 6.92 Å². The van der Waals surface area contributed by atoms with E-state index in [2.05, 4.69) is 39.1 Å². The molecular weight excluding hydrogens is 242 g/mol. The maximum atomic E-state index is 5.44. The van der Waals surface area contributed by atoms with Crippen LogP contribution in [0.15, 0.2) is 0 Å². The molecule has 0 amide bonds. The Balaban J connectivity index is 2.34. The number of nitrogens with one attached hydrogen (secondary N) is 1. The zero-order valence-corrected chi connectivity index (χ0v) is 12.1. The summed E-state index contributed by atoms with van der Waals surface area (Å²) < 4.78 is 0. The number of hydrazine groups is 1. The third kappa shape index (κ3) is 2.86. The van der Waals surface area contributed by atoms with Gasteiger partial charge >= 0.3 is 0 Å².